The number of fused-ring (bicyclic) bond motifs is 1. The first-order chi connectivity index (χ1) is 14.1. The second-order valence-corrected chi connectivity index (χ2v) is 5.90. The standard InChI is InChI=1S/C20H16N4O3.C2H6.H2/c1-12-11-21-20(26-2)24-19(12)27-14-9-7-13(8-10-14)17(25)18-22-15-5-3-4-6-16(15)23-18;1-2;/h3-11H,1-2H3,(H,22,23);1-2H3;1H. The summed E-state index contributed by atoms with van der Waals surface area (Å²) in [6.45, 7) is 5.84. The zero-order valence-corrected chi connectivity index (χ0v) is 16.8. The number of carbonyl (C=O) groups is 1. The van der Waals surface area contributed by atoms with E-state index in [1.807, 2.05) is 45.0 Å². The Kier molecular flexibility index (Phi) is 6.19. The Morgan fingerprint density at radius 3 is 2.45 bits per heavy atom. The number of nitrogens with one attached hydrogen (secondary N) is 1. The lowest BCUT2D eigenvalue weighted by Crippen LogP contribution is -2.03. The van der Waals surface area contributed by atoms with Crippen LogP contribution in [0.4, 0.5) is 0 Å². The summed E-state index contributed by atoms with van der Waals surface area (Å²) in [5.74, 6) is 1.08. The molecule has 150 valence electrons. The number of methoxy groups -OCH3 is 1. The van der Waals surface area contributed by atoms with Crippen LogP contribution in [-0.2, 0) is 0 Å². The van der Waals surface area contributed by atoms with E-state index in [0.717, 1.165) is 16.6 Å². The number of imidazole rings is 1. The summed E-state index contributed by atoms with van der Waals surface area (Å²) >= 11 is 0. The highest BCUT2D eigenvalue weighted by molar-refractivity contribution is 6.08. The summed E-state index contributed by atoms with van der Waals surface area (Å²) in [6.07, 6.45) is 1.63. The van der Waals surface area contributed by atoms with Crippen molar-refractivity contribution in [2.24, 2.45) is 0 Å². The third kappa shape index (κ3) is 4.40. The predicted octanol–water partition coefficient (Wildman–Crippen LogP) is 4.97. The maximum Gasteiger partial charge on any atom is 0.319 e. The molecular formula is C22H24N4O3. The SMILES string of the molecule is CC.COc1ncc(C)c(Oc2ccc(C(=O)c3nc4ccccc4[nH]3)cc2)n1.[HH]. The average molecular weight is 392 g/mol. The van der Waals surface area contributed by atoms with Gasteiger partial charge in [0.15, 0.2) is 5.82 Å². The fraction of sp³-hybridized carbons (Fsp3) is 0.182. The summed E-state index contributed by atoms with van der Waals surface area (Å²) < 4.78 is 10.8. The van der Waals surface area contributed by atoms with Gasteiger partial charge < -0.3 is 14.5 Å². The third-order valence-electron chi connectivity index (χ3n) is 4.02. The van der Waals surface area contributed by atoms with Crippen LogP contribution in [0, 0.1) is 6.92 Å². The van der Waals surface area contributed by atoms with Gasteiger partial charge in [0.1, 0.15) is 5.75 Å². The number of hydrogen-bond donors (Lipinski definition) is 1. The monoisotopic (exact) mass is 392 g/mol. The molecule has 29 heavy (non-hydrogen) atoms. The van der Waals surface area contributed by atoms with Crippen molar-refractivity contribution in [3.63, 3.8) is 0 Å². The van der Waals surface area contributed by atoms with Gasteiger partial charge in [0.2, 0.25) is 11.7 Å². The van der Waals surface area contributed by atoms with E-state index >= 15 is 0 Å². The van der Waals surface area contributed by atoms with Crippen LogP contribution in [0.15, 0.2) is 54.7 Å². The first kappa shape index (κ1) is 20.0. The fourth-order valence-corrected chi connectivity index (χ4v) is 2.60. The van der Waals surface area contributed by atoms with Gasteiger partial charge in [-0.25, -0.2) is 9.97 Å². The van der Waals surface area contributed by atoms with Crippen LogP contribution in [0.2, 0.25) is 0 Å². The van der Waals surface area contributed by atoms with Gasteiger partial charge >= 0.3 is 6.01 Å². The number of aromatic amines is 1. The molecule has 0 spiro atoms. The van der Waals surface area contributed by atoms with Gasteiger partial charge in [-0.05, 0) is 43.3 Å². The molecule has 2 aromatic carbocycles. The van der Waals surface area contributed by atoms with Crippen LogP contribution >= 0.6 is 0 Å². The molecule has 0 aliphatic rings. The molecule has 0 unspecified atom stereocenters. The summed E-state index contributed by atoms with van der Waals surface area (Å²) in [5, 5.41) is 0. The summed E-state index contributed by atoms with van der Waals surface area (Å²) in [4.78, 5) is 28.2. The Balaban J connectivity index is 0.00000104. The molecule has 2 heterocycles. The molecule has 0 amide bonds. The van der Waals surface area contributed by atoms with Crippen molar-refractivity contribution in [1.29, 1.82) is 0 Å². The Morgan fingerprint density at radius 1 is 1.03 bits per heavy atom. The van der Waals surface area contributed by atoms with Crippen LogP contribution < -0.4 is 9.47 Å². The van der Waals surface area contributed by atoms with E-state index in [4.69, 9.17) is 9.47 Å². The number of nitrogens with zero attached hydrogens (tertiary/aromatic N) is 3. The number of ether oxygens (including phenoxy) is 2. The Hall–Kier alpha value is -3.74. The van der Waals surface area contributed by atoms with E-state index in [0.29, 0.717) is 23.0 Å². The van der Waals surface area contributed by atoms with Crippen LogP contribution in [0.5, 0.6) is 17.6 Å². The van der Waals surface area contributed by atoms with E-state index in [-0.39, 0.29) is 13.2 Å². The van der Waals surface area contributed by atoms with E-state index in [1.165, 1.54) is 7.11 Å². The third-order valence-corrected chi connectivity index (χ3v) is 4.02. The molecule has 7 heteroatoms. The van der Waals surface area contributed by atoms with Crippen LogP contribution in [0.25, 0.3) is 11.0 Å². The van der Waals surface area contributed by atoms with Gasteiger partial charge in [-0.2, -0.15) is 4.98 Å². The van der Waals surface area contributed by atoms with Crippen LogP contribution in [0.1, 0.15) is 37.0 Å². The number of carbonyl (C=O) groups excluding carboxylic acids is 1. The van der Waals surface area contributed by atoms with Crippen LogP contribution in [0.3, 0.4) is 0 Å². The average Bonchev–Trinajstić information content (AvgIpc) is 3.21. The number of para-hydroxylation sites is 2. The van der Waals surface area contributed by atoms with Gasteiger partial charge in [0.25, 0.3) is 0 Å². The summed E-state index contributed by atoms with van der Waals surface area (Å²) in [6, 6.07) is 14.6. The Bertz CT molecular complexity index is 1090. The Labute approximate surface area is 170 Å². The number of hydrogen-bond acceptors (Lipinski definition) is 6. The number of ketones is 1. The number of aryl methyl sites for hydroxylation is 1. The fourth-order valence-electron chi connectivity index (χ4n) is 2.60. The van der Waals surface area contributed by atoms with Crippen molar-refractivity contribution in [2.45, 2.75) is 20.8 Å². The summed E-state index contributed by atoms with van der Waals surface area (Å²) in [5.41, 5.74) is 2.87. The molecule has 0 fully saturated rings. The zero-order chi connectivity index (χ0) is 20.8. The molecule has 4 rings (SSSR count). The highest BCUT2D eigenvalue weighted by Gasteiger charge is 2.14. The topological polar surface area (TPSA) is 90.0 Å². The first-order valence-electron chi connectivity index (χ1n) is 9.29. The maximum absolute atomic E-state index is 12.7. The molecular weight excluding hydrogens is 368 g/mol. The smallest absolute Gasteiger partial charge is 0.319 e. The molecule has 4 aromatic rings. The molecule has 0 saturated heterocycles. The van der Waals surface area contributed by atoms with Gasteiger partial charge in [0.05, 0.1) is 18.1 Å². The van der Waals surface area contributed by atoms with Crippen molar-refractivity contribution in [3.05, 3.63) is 71.7 Å². The molecule has 0 bridgehead atoms. The second-order valence-electron chi connectivity index (χ2n) is 5.90. The molecule has 7 nitrogen and oxygen atoms in total. The lowest BCUT2D eigenvalue weighted by Gasteiger charge is -2.08. The van der Waals surface area contributed by atoms with Gasteiger partial charge in [0, 0.05) is 18.8 Å². The van der Waals surface area contributed by atoms with Crippen molar-refractivity contribution < 1.29 is 15.7 Å². The van der Waals surface area contributed by atoms with Crippen molar-refractivity contribution in [2.75, 3.05) is 7.11 Å². The second kappa shape index (κ2) is 8.97. The molecule has 2 aromatic heterocycles. The number of aromatic nitrogens is 4. The quantitative estimate of drug-likeness (QED) is 0.483. The molecule has 0 aliphatic heterocycles. The van der Waals surface area contributed by atoms with Crippen molar-refractivity contribution >= 4 is 16.8 Å². The molecule has 0 radical (unpaired) electrons. The minimum absolute atomic E-state index is 0. The molecule has 0 aliphatic carbocycles. The Morgan fingerprint density at radius 2 is 1.76 bits per heavy atom. The van der Waals surface area contributed by atoms with E-state index in [9.17, 15) is 4.79 Å². The lowest BCUT2D eigenvalue weighted by molar-refractivity contribution is 0.103. The maximum atomic E-state index is 12.7. The van der Waals surface area contributed by atoms with E-state index < -0.39 is 0 Å². The highest BCUT2D eigenvalue weighted by atomic mass is 16.5. The highest BCUT2D eigenvalue weighted by Crippen LogP contribution is 2.24. The normalized spacial score (nSPS) is 10.2. The van der Waals surface area contributed by atoms with Crippen molar-refractivity contribution in [3.8, 4) is 17.6 Å². The minimum atomic E-state index is -0.183. The van der Waals surface area contributed by atoms with Gasteiger partial charge in [-0.1, -0.05) is 26.0 Å². The lowest BCUT2D eigenvalue weighted by atomic mass is 10.1. The van der Waals surface area contributed by atoms with Crippen molar-refractivity contribution in [1.82, 2.24) is 19.9 Å². The van der Waals surface area contributed by atoms with Gasteiger partial charge in [-0.15, -0.1) is 0 Å². The first-order valence-corrected chi connectivity index (χ1v) is 9.29. The number of H-pyrrole nitrogens is 1. The number of rotatable bonds is 5. The zero-order valence-electron chi connectivity index (χ0n) is 16.8. The van der Waals surface area contributed by atoms with Crippen LogP contribution in [-0.4, -0.2) is 32.8 Å². The van der Waals surface area contributed by atoms with E-state index in [2.05, 4.69) is 19.9 Å². The summed E-state index contributed by atoms with van der Waals surface area (Å²) in [7, 11) is 1.49. The number of benzene rings is 2. The molecule has 0 atom stereocenters. The molecule has 0 saturated carbocycles. The predicted molar refractivity (Wildman–Crippen MR) is 113 cm³/mol. The largest absolute Gasteiger partial charge is 0.467 e. The molecule has 1 N–H and O–H groups in total. The van der Waals surface area contributed by atoms with E-state index in [1.54, 1.807) is 30.5 Å². The minimum Gasteiger partial charge on any atom is -0.467 e. The van der Waals surface area contributed by atoms with Gasteiger partial charge in [-0.3, -0.25) is 4.79 Å².